The minimum Gasteiger partial charge on any atom is -0.461 e. The van der Waals surface area contributed by atoms with E-state index in [0.717, 1.165) is 47.9 Å². The Bertz CT molecular complexity index is 1470. The second-order valence-electron chi connectivity index (χ2n) is 11.4. The number of benzene rings is 2. The molecular weight excluding hydrogens is 544 g/mol. The molecule has 3 N–H and O–H groups in total. The number of esters is 1. The van der Waals surface area contributed by atoms with E-state index in [1.54, 1.807) is 12.1 Å². The Morgan fingerprint density at radius 1 is 1.02 bits per heavy atom. The van der Waals surface area contributed by atoms with Gasteiger partial charge in [-0.15, -0.1) is 0 Å². The normalized spacial score (nSPS) is 14.6. The van der Waals surface area contributed by atoms with Crippen molar-refractivity contribution < 1.29 is 27.8 Å². The van der Waals surface area contributed by atoms with Gasteiger partial charge in [0.2, 0.25) is 0 Å². The summed E-state index contributed by atoms with van der Waals surface area (Å²) < 4.78 is 40.3. The molecule has 1 saturated carbocycles. The van der Waals surface area contributed by atoms with E-state index in [-0.39, 0.29) is 35.6 Å². The molecule has 2 aromatic carbocycles. The third kappa shape index (κ3) is 7.89. The molecule has 0 aliphatic heterocycles. The van der Waals surface area contributed by atoms with E-state index in [1.165, 1.54) is 12.1 Å². The number of hydrogen-bond acceptors (Lipinski definition) is 7. The Morgan fingerprint density at radius 2 is 1.69 bits per heavy atom. The molecule has 4 rings (SSSR count). The Balaban J connectivity index is 1.44. The highest BCUT2D eigenvalue weighted by atomic mass is 19.1. The molecule has 42 heavy (non-hydrogen) atoms. The highest BCUT2D eigenvalue weighted by Gasteiger charge is 2.27. The van der Waals surface area contributed by atoms with Crippen LogP contribution in [0.15, 0.2) is 59.4 Å². The number of anilines is 1. The molecule has 10 heteroatoms. The average Bonchev–Trinajstić information content (AvgIpc) is 3.43. The van der Waals surface area contributed by atoms with Crippen molar-refractivity contribution in [1.82, 2.24) is 9.88 Å². The molecule has 0 radical (unpaired) electrons. The van der Waals surface area contributed by atoms with Crippen LogP contribution in [0.5, 0.6) is 0 Å². The van der Waals surface area contributed by atoms with E-state index in [1.807, 2.05) is 32.9 Å². The number of carbonyl (C=O) groups excluding carboxylic acids is 2. The van der Waals surface area contributed by atoms with Gasteiger partial charge < -0.3 is 20.5 Å². The van der Waals surface area contributed by atoms with E-state index in [9.17, 15) is 23.2 Å². The van der Waals surface area contributed by atoms with Crippen LogP contribution in [-0.2, 0) is 20.7 Å². The molecule has 224 valence electrons. The molecule has 1 aliphatic carbocycles. The summed E-state index contributed by atoms with van der Waals surface area (Å²) in [5, 5.41) is 3.26. The number of halogens is 2. The SMILES string of the molecule is CC(C)(C)OC[C@H](NCCc1ccc(-n2c(N)c(C(=O)c3ccc(F)cc3F)ccc2=O)cc1)C(=O)OC1CCCC1. The fourth-order valence-corrected chi connectivity index (χ4v) is 4.83. The van der Waals surface area contributed by atoms with Crippen LogP contribution >= 0.6 is 0 Å². The number of aromatic nitrogens is 1. The van der Waals surface area contributed by atoms with Crippen LogP contribution in [0.3, 0.4) is 0 Å². The van der Waals surface area contributed by atoms with E-state index in [2.05, 4.69) is 5.32 Å². The van der Waals surface area contributed by atoms with Crippen LogP contribution in [0.2, 0.25) is 0 Å². The summed E-state index contributed by atoms with van der Waals surface area (Å²) in [5.74, 6) is -3.07. The summed E-state index contributed by atoms with van der Waals surface area (Å²) in [7, 11) is 0. The number of nitrogens with two attached hydrogens (primary N) is 1. The maximum absolute atomic E-state index is 14.2. The largest absolute Gasteiger partial charge is 0.461 e. The lowest BCUT2D eigenvalue weighted by atomic mass is 10.0. The van der Waals surface area contributed by atoms with Gasteiger partial charge in [-0.25, -0.2) is 8.78 Å². The van der Waals surface area contributed by atoms with Crippen molar-refractivity contribution in [3.63, 3.8) is 0 Å². The van der Waals surface area contributed by atoms with Gasteiger partial charge in [0, 0.05) is 18.7 Å². The number of nitrogen functional groups attached to an aromatic ring is 1. The van der Waals surface area contributed by atoms with Gasteiger partial charge in [0.15, 0.2) is 5.78 Å². The third-order valence-corrected chi connectivity index (χ3v) is 7.10. The number of ether oxygens (including phenoxy) is 2. The van der Waals surface area contributed by atoms with Crippen molar-refractivity contribution in [2.24, 2.45) is 0 Å². The molecule has 1 heterocycles. The number of hydrogen-bond donors (Lipinski definition) is 2. The molecule has 0 amide bonds. The van der Waals surface area contributed by atoms with Gasteiger partial charge in [-0.1, -0.05) is 12.1 Å². The van der Waals surface area contributed by atoms with Gasteiger partial charge in [-0.3, -0.25) is 19.0 Å². The Labute approximate surface area is 243 Å². The smallest absolute Gasteiger partial charge is 0.325 e. The monoisotopic (exact) mass is 581 g/mol. The lowest BCUT2D eigenvalue weighted by molar-refractivity contribution is -0.154. The molecule has 0 bridgehead atoms. The van der Waals surface area contributed by atoms with Gasteiger partial charge in [0.05, 0.1) is 29.0 Å². The molecule has 1 aliphatic rings. The minimum atomic E-state index is -1.02. The lowest BCUT2D eigenvalue weighted by Gasteiger charge is -2.25. The number of ketones is 1. The predicted molar refractivity (Wildman–Crippen MR) is 156 cm³/mol. The minimum absolute atomic E-state index is 0.0386. The highest BCUT2D eigenvalue weighted by molar-refractivity contribution is 6.11. The summed E-state index contributed by atoms with van der Waals surface area (Å²) in [6.45, 7) is 6.45. The Hall–Kier alpha value is -3.89. The number of nitrogens with zero attached hydrogens (tertiary/aromatic N) is 1. The summed E-state index contributed by atoms with van der Waals surface area (Å²) >= 11 is 0. The van der Waals surface area contributed by atoms with Crippen molar-refractivity contribution >= 4 is 17.6 Å². The number of nitrogens with one attached hydrogen (secondary N) is 1. The van der Waals surface area contributed by atoms with E-state index >= 15 is 0 Å². The van der Waals surface area contributed by atoms with Crippen LogP contribution in [-0.4, -0.2) is 47.2 Å². The Kier molecular flexibility index (Phi) is 9.90. The van der Waals surface area contributed by atoms with Crippen molar-refractivity contribution in [1.29, 1.82) is 0 Å². The van der Waals surface area contributed by atoms with Crippen molar-refractivity contribution in [3.8, 4) is 5.69 Å². The van der Waals surface area contributed by atoms with Crippen molar-refractivity contribution in [2.45, 2.75) is 70.6 Å². The van der Waals surface area contributed by atoms with E-state index in [4.69, 9.17) is 15.2 Å². The fourth-order valence-electron chi connectivity index (χ4n) is 4.83. The molecular formula is C32H37F2N3O5. The summed E-state index contributed by atoms with van der Waals surface area (Å²) in [6, 6.07) is 11.4. The van der Waals surface area contributed by atoms with Gasteiger partial charge in [-0.2, -0.15) is 0 Å². The first-order valence-corrected chi connectivity index (χ1v) is 14.1. The second kappa shape index (κ2) is 13.4. The maximum atomic E-state index is 14.2. The van der Waals surface area contributed by atoms with E-state index < -0.39 is 34.6 Å². The molecule has 1 fully saturated rings. The quantitative estimate of drug-likeness (QED) is 0.249. The zero-order valence-electron chi connectivity index (χ0n) is 24.1. The first-order chi connectivity index (χ1) is 19.9. The van der Waals surface area contributed by atoms with Crippen LogP contribution in [0, 0.1) is 11.6 Å². The number of rotatable bonds is 11. The van der Waals surface area contributed by atoms with Crippen LogP contribution < -0.4 is 16.6 Å². The van der Waals surface area contributed by atoms with Crippen LogP contribution in [0.25, 0.3) is 5.69 Å². The zero-order chi connectivity index (χ0) is 30.4. The molecule has 0 unspecified atom stereocenters. The second-order valence-corrected chi connectivity index (χ2v) is 11.4. The van der Waals surface area contributed by atoms with Gasteiger partial charge in [-0.05, 0) is 88.8 Å². The highest BCUT2D eigenvalue weighted by Crippen LogP contribution is 2.23. The predicted octanol–water partition coefficient (Wildman–Crippen LogP) is 4.73. The fraction of sp³-hybridized carbons (Fsp3) is 0.406. The van der Waals surface area contributed by atoms with Crippen molar-refractivity contribution in [3.05, 3.63) is 93.3 Å². The van der Waals surface area contributed by atoms with Gasteiger partial charge in [0.1, 0.15) is 29.6 Å². The lowest BCUT2D eigenvalue weighted by Crippen LogP contribution is -2.45. The van der Waals surface area contributed by atoms with Gasteiger partial charge in [0.25, 0.3) is 5.56 Å². The summed E-state index contributed by atoms with van der Waals surface area (Å²) in [4.78, 5) is 38.5. The maximum Gasteiger partial charge on any atom is 0.325 e. The molecule has 1 atom stereocenters. The molecule has 0 saturated heterocycles. The summed E-state index contributed by atoms with van der Waals surface area (Å²) in [5.41, 5.74) is 6.25. The standard InChI is InChI=1S/C32H37F2N3O5/c1-32(2,3)41-19-27(31(40)42-23-6-4-5-7-23)36-17-16-20-8-11-22(12-9-20)37-28(38)15-14-25(30(37)35)29(39)24-13-10-21(33)18-26(24)34/h8-15,18,23,27,36H,4-7,16-17,19,35H2,1-3H3/t27-/m0/s1. The number of pyridine rings is 1. The molecule has 3 aromatic rings. The number of carbonyl (C=O) groups is 2. The Morgan fingerprint density at radius 3 is 2.33 bits per heavy atom. The summed E-state index contributed by atoms with van der Waals surface area (Å²) in [6.07, 6.45) is 4.45. The first-order valence-electron chi connectivity index (χ1n) is 14.1. The average molecular weight is 582 g/mol. The molecule has 8 nitrogen and oxygen atoms in total. The van der Waals surface area contributed by atoms with Gasteiger partial charge >= 0.3 is 5.97 Å². The molecule has 0 spiro atoms. The third-order valence-electron chi connectivity index (χ3n) is 7.10. The first kappa shape index (κ1) is 31.1. The topological polar surface area (TPSA) is 113 Å². The zero-order valence-corrected chi connectivity index (χ0v) is 24.1. The van der Waals surface area contributed by atoms with Crippen molar-refractivity contribution in [2.75, 3.05) is 18.9 Å². The van der Waals surface area contributed by atoms with E-state index in [0.29, 0.717) is 24.7 Å². The van der Waals surface area contributed by atoms with Crippen LogP contribution in [0.4, 0.5) is 14.6 Å². The van der Waals surface area contributed by atoms with Crippen LogP contribution in [0.1, 0.15) is 67.9 Å². The molecule has 1 aromatic heterocycles.